The molecule has 2 saturated heterocycles. The van der Waals surface area contributed by atoms with Crippen LogP contribution in [0.2, 0.25) is 0 Å². The highest BCUT2D eigenvalue weighted by Gasteiger charge is 2.47. The Morgan fingerprint density at radius 2 is 2.00 bits per heavy atom. The lowest BCUT2D eigenvalue weighted by molar-refractivity contribution is -0.140. The number of carbonyl (C=O) groups is 2. The van der Waals surface area contributed by atoms with E-state index in [0.29, 0.717) is 43.7 Å². The molecule has 0 spiro atoms. The van der Waals surface area contributed by atoms with E-state index in [1.54, 1.807) is 25.7 Å². The number of piperidine rings is 1. The van der Waals surface area contributed by atoms with E-state index in [-0.39, 0.29) is 24.0 Å². The molecule has 0 saturated carbocycles. The number of ether oxygens (including phenoxy) is 1. The summed E-state index contributed by atoms with van der Waals surface area (Å²) in [4.78, 5) is 32.5. The quantitative estimate of drug-likeness (QED) is 0.535. The Morgan fingerprint density at radius 3 is 2.72 bits per heavy atom. The Bertz CT molecular complexity index is 1080. The summed E-state index contributed by atoms with van der Waals surface area (Å²) in [6.45, 7) is 12.4. The number of urea groups is 1. The number of rotatable bonds is 9. The van der Waals surface area contributed by atoms with Gasteiger partial charge >= 0.3 is 12.1 Å². The number of aromatic nitrogens is 2. The molecule has 2 N–H and O–H groups in total. The summed E-state index contributed by atoms with van der Waals surface area (Å²) in [6.07, 6.45) is 0.916. The topological polar surface area (TPSA) is 122 Å². The predicted molar refractivity (Wildman–Crippen MR) is 130 cm³/mol. The molecule has 0 radical (unpaired) electrons. The van der Waals surface area contributed by atoms with Crippen molar-refractivity contribution in [2.75, 3.05) is 13.1 Å². The van der Waals surface area contributed by atoms with Gasteiger partial charge in [0.15, 0.2) is 0 Å². The molecule has 36 heavy (non-hydrogen) atoms. The second-order valence-corrected chi connectivity index (χ2v) is 10.1. The monoisotopic (exact) mass is 498 g/mol. The molecule has 2 fully saturated rings. The van der Waals surface area contributed by atoms with Crippen molar-refractivity contribution in [3.8, 4) is 0 Å². The van der Waals surface area contributed by atoms with Crippen LogP contribution in [0.3, 0.4) is 0 Å². The summed E-state index contributed by atoms with van der Waals surface area (Å²) in [7, 11) is 0. The van der Waals surface area contributed by atoms with Crippen LogP contribution in [0.4, 0.5) is 9.59 Å². The maximum absolute atomic E-state index is 13.1. The smallest absolute Gasteiger partial charge is 0.413 e. The normalized spacial score (nSPS) is 20.3. The first-order valence-corrected chi connectivity index (χ1v) is 12.1. The molecule has 0 aliphatic carbocycles. The van der Waals surface area contributed by atoms with Gasteiger partial charge in [-0.25, -0.2) is 9.59 Å². The largest absolute Gasteiger partial charge is 0.444 e. The van der Waals surface area contributed by atoms with Gasteiger partial charge in [-0.05, 0) is 39.2 Å². The molecule has 194 valence electrons. The minimum Gasteiger partial charge on any atom is -0.444 e. The molecule has 3 atom stereocenters. The molecule has 2 aliphatic rings. The van der Waals surface area contributed by atoms with Gasteiger partial charge in [-0.15, -0.1) is 10.2 Å². The van der Waals surface area contributed by atoms with E-state index in [1.807, 2.05) is 37.3 Å². The molecule has 3 heterocycles. The zero-order valence-corrected chi connectivity index (χ0v) is 21.2. The van der Waals surface area contributed by atoms with Crippen LogP contribution in [0, 0.1) is 0 Å². The number of amides is 3. The van der Waals surface area contributed by atoms with E-state index in [1.165, 1.54) is 5.06 Å². The fourth-order valence-corrected chi connectivity index (χ4v) is 4.19. The van der Waals surface area contributed by atoms with Gasteiger partial charge in [0.25, 0.3) is 0 Å². The van der Waals surface area contributed by atoms with Crippen molar-refractivity contribution >= 4 is 12.1 Å². The minimum absolute atomic E-state index is 0.00598. The van der Waals surface area contributed by atoms with E-state index in [9.17, 15) is 9.59 Å². The summed E-state index contributed by atoms with van der Waals surface area (Å²) in [5.41, 5.74) is 0.407. The third kappa shape index (κ3) is 6.14. The van der Waals surface area contributed by atoms with Crippen molar-refractivity contribution in [2.45, 2.75) is 70.7 Å². The number of fused-ring (bicyclic) bond motifs is 2. The summed E-state index contributed by atoms with van der Waals surface area (Å²) in [5.74, 6) is 1.01. The van der Waals surface area contributed by atoms with Crippen LogP contribution < -0.4 is 10.6 Å². The molecule has 11 nitrogen and oxygen atoms in total. The lowest BCUT2D eigenvalue weighted by atomic mass is 10.0. The minimum atomic E-state index is -0.598. The number of carbonyl (C=O) groups excluding carboxylic acids is 2. The van der Waals surface area contributed by atoms with Crippen molar-refractivity contribution in [1.29, 1.82) is 0 Å². The molecule has 4 rings (SSSR count). The van der Waals surface area contributed by atoms with Crippen molar-refractivity contribution < 1.29 is 23.6 Å². The number of nitrogens with zero attached hydrogens (tertiary/aromatic N) is 4. The predicted octanol–water partition coefficient (Wildman–Crippen LogP) is 3.83. The van der Waals surface area contributed by atoms with Gasteiger partial charge in [0.05, 0.1) is 12.0 Å². The van der Waals surface area contributed by atoms with Crippen molar-refractivity contribution in [3.05, 3.63) is 60.1 Å². The SMILES string of the molecule is C=C(NC[C@@H](C)c1nnc([C@@H]2CC[C@@H]3CN2C(=O)N3OCc2ccccc2)o1)NC(=O)OC(C)(C)C. The summed E-state index contributed by atoms with van der Waals surface area (Å²) in [6, 6.07) is 9.30. The molecular weight excluding hydrogens is 464 g/mol. The fourth-order valence-electron chi connectivity index (χ4n) is 4.19. The maximum atomic E-state index is 13.1. The van der Waals surface area contributed by atoms with E-state index < -0.39 is 11.7 Å². The number of benzene rings is 1. The first kappa shape index (κ1) is 25.5. The Hall–Kier alpha value is -3.60. The molecule has 0 unspecified atom stereocenters. The average Bonchev–Trinajstić information content (AvgIpc) is 3.40. The fraction of sp³-hybridized carbons (Fsp3) is 0.520. The number of hydrogen-bond donors (Lipinski definition) is 2. The van der Waals surface area contributed by atoms with Crippen molar-refractivity contribution in [3.63, 3.8) is 0 Å². The Labute approximate surface area is 210 Å². The second-order valence-electron chi connectivity index (χ2n) is 10.1. The van der Waals surface area contributed by atoms with Crippen LogP contribution in [0.25, 0.3) is 0 Å². The molecule has 3 amide bonds. The summed E-state index contributed by atoms with van der Waals surface area (Å²) in [5, 5.41) is 15.5. The molecule has 2 bridgehead atoms. The van der Waals surface area contributed by atoms with Gasteiger partial charge < -0.3 is 19.4 Å². The Kier molecular flexibility index (Phi) is 7.48. The third-order valence-corrected chi connectivity index (χ3v) is 5.97. The van der Waals surface area contributed by atoms with Crippen molar-refractivity contribution in [1.82, 2.24) is 30.8 Å². The Morgan fingerprint density at radius 1 is 1.25 bits per heavy atom. The third-order valence-electron chi connectivity index (χ3n) is 5.97. The highest BCUT2D eigenvalue weighted by atomic mass is 16.7. The highest BCUT2D eigenvalue weighted by Crippen LogP contribution is 2.38. The summed E-state index contributed by atoms with van der Waals surface area (Å²) >= 11 is 0. The number of hydroxylamine groups is 2. The first-order valence-electron chi connectivity index (χ1n) is 12.1. The van der Waals surface area contributed by atoms with Crippen molar-refractivity contribution in [2.24, 2.45) is 0 Å². The van der Waals surface area contributed by atoms with Crippen LogP contribution >= 0.6 is 0 Å². The van der Waals surface area contributed by atoms with E-state index >= 15 is 0 Å². The number of nitrogens with one attached hydrogen (secondary N) is 2. The van der Waals surface area contributed by atoms with Gasteiger partial charge in [-0.3, -0.25) is 10.2 Å². The van der Waals surface area contributed by atoms with Crippen LogP contribution in [0.15, 0.2) is 47.1 Å². The highest BCUT2D eigenvalue weighted by molar-refractivity contribution is 5.77. The van der Waals surface area contributed by atoms with Gasteiger partial charge in [-0.1, -0.05) is 43.8 Å². The van der Waals surface area contributed by atoms with Gasteiger partial charge in [0, 0.05) is 13.1 Å². The lowest BCUT2D eigenvalue weighted by Gasteiger charge is -2.27. The van der Waals surface area contributed by atoms with Crippen LogP contribution in [-0.2, 0) is 16.2 Å². The van der Waals surface area contributed by atoms with Gasteiger partial charge in [0.1, 0.15) is 24.1 Å². The van der Waals surface area contributed by atoms with Crippen LogP contribution in [-0.4, -0.2) is 57.0 Å². The van der Waals surface area contributed by atoms with Crippen LogP contribution in [0.1, 0.15) is 69.8 Å². The molecule has 11 heteroatoms. The van der Waals surface area contributed by atoms with E-state index in [2.05, 4.69) is 27.4 Å². The summed E-state index contributed by atoms with van der Waals surface area (Å²) < 4.78 is 11.2. The zero-order chi connectivity index (χ0) is 25.9. The van der Waals surface area contributed by atoms with E-state index in [4.69, 9.17) is 14.0 Å². The number of hydrogen-bond acceptors (Lipinski definition) is 8. The zero-order valence-electron chi connectivity index (χ0n) is 21.2. The molecule has 1 aromatic carbocycles. The Balaban J connectivity index is 1.29. The molecule has 1 aromatic heterocycles. The van der Waals surface area contributed by atoms with E-state index in [0.717, 1.165) is 12.0 Å². The van der Waals surface area contributed by atoms with Crippen LogP contribution in [0.5, 0.6) is 0 Å². The molecular formula is C25H34N6O5. The maximum Gasteiger partial charge on any atom is 0.413 e. The first-order chi connectivity index (χ1) is 17.1. The van der Waals surface area contributed by atoms with Gasteiger partial charge in [0.2, 0.25) is 11.8 Å². The standard InChI is InChI=1S/C25H34N6O5/c1-16(13-26-17(2)27-23(32)36-25(3,4)5)21-28-29-22(35-21)20-12-11-19-14-30(20)24(33)31(19)34-15-18-9-7-6-8-10-18/h6-10,16,19-20,26H,2,11-15H2,1,3-5H3,(H,27,32)/t16-,19-,20+/m1/s1. The average molecular weight is 499 g/mol. The molecule has 2 aliphatic heterocycles. The second kappa shape index (κ2) is 10.6. The lowest BCUT2D eigenvalue weighted by Crippen LogP contribution is -2.36. The number of alkyl carbamates (subject to hydrolysis) is 1. The van der Waals surface area contributed by atoms with Gasteiger partial charge in [-0.2, -0.15) is 5.06 Å². The molecule has 2 aromatic rings.